The van der Waals surface area contributed by atoms with Crippen LogP contribution in [0.15, 0.2) is 24.3 Å². The quantitative estimate of drug-likeness (QED) is 0.687. The molecule has 0 amide bonds. The van der Waals surface area contributed by atoms with Crippen LogP contribution in [0.3, 0.4) is 0 Å². The normalized spacial score (nSPS) is 15.1. The van der Waals surface area contributed by atoms with E-state index in [4.69, 9.17) is 9.84 Å². The van der Waals surface area contributed by atoms with E-state index in [1.54, 1.807) is 12.1 Å². The standard InChI is InChI=1S/C10H14O3/c1-7-4-3-5-9(6-7)13-10(12)8(2)11/h3-6,8,10-12H,1-2H3. The summed E-state index contributed by atoms with van der Waals surface area (Å²) in [6, 6.07) is 7.30. The predicted molar refractivity (Wildman–Crippen MR) is 49.5 cm³/mol. The minimum Gasteiger partial charge on any atom is -0.462 e. The van der Waals surface area contributed by atoms with Crippen molar-refractivity contribution < 1.29 is 14.9 Å². The lowest BCUT2D eigenvalue weighted by molar-refractivity contribution is -0.0959. The Morgan fingerprint density at radius 2 is 2.00 bits per heavy atom. The highest BCUT2D eigenvalue weighted by atomic mass is 16.6. The molecule has 3 heteroatoms. The summed E-state index contributed by atoms with van der Waals surface area (Å²) in [5.74, 6) is 0.563. The molecule has 2 atom stereocenters. The highest BCUT2D eigenvalue weighted by molar-refractivity contribution is 5.27. The van der Waals surface area contributed by atoms with Crippen molar-refractivity contribution in [1.82, 2.24) is 0 Å². The van der Waals surface area contributed by atoms with Crippen molar-refractivity contribution in [1.29, 1.82) is 0 Å². The molecule has 3 nitrogen and oxygen atoms in total. The zero-order valence-electron chi connectivity index (χ0n) is 7.77. The van der Waals surface area contributed by atoms with Crippen molar-refractivity contribution >= 4 is 0 Å². The van der Waals surface area contributed by atoms with E-state index < -0.39 is 12.4 Å². The van der Waals surface area contributed by atoms with Gasteiger partial charge in [0.2, 0.25) is 6.29 Å². The fourth-order valence-electron chi connectivity index (χ4n) is 0.927. The van der Waals surface area contributed by atoms with E-state index in [-0.39, 0.29) is 0 Å². The van der Waals surface area contributed by atoms with Crippen LogP contribution >= 0.6 is 0 Å². The Bertz CT molecular complexity index is 271. The molecular weight excluding hydrogens is 168 g/mol. The van der Waals surface area contributed by atoms with Gasteiger partial charge in [0.15, 0.2) is 0 Å². The highest BCUT2D eigenvalue weighted by Crippen LogP contribution is 2.14. The maximum absolute atomic E-state index is 9.20. The molecule has 0 spiro atoms. The maximum Gasteiger partial charge on any atom is 0.223 e. The lowest BCUT2D eigenvalue weighted by Crippen LogP contribution is -2.28. The first kappa shape index (κ1) is 10.0. The molecule has 1 aromatic carbocycles. The van der Waals surface area contributed by atoms with Gasteiger partial charge in [0.25, 0.3) is 0 Å². The Labute approximate surface area is 77.6 Å². The zero-order valence-corrected chi connectivity index (χ0v) is 7.77. The second-order valence-electron chi connectivity index (χ2n) is 3.07. The van der Waals surface area contributed by atoms with E-state index in [0.717, 1.165) is 5.56 Å². The van der Waals surface area contributed by atoms with Gasteiger partial charge in [-0.15, -0.1) is 0 Å². The number of aliphatic hydroxyl groups is 2. The highest BCUT2D eigenvalue weighted by Gasteiger charge is 2.11. The molecule has 0 saturated heterocycles. The topological polar surface area (TPSA) is 49.7 Å². The van der Waals surface area contributed by atoms with E-state index in [9.17, 15) is 5.11 Å². The Balaban J connectivity index is 2.64. The van der Waals surface area contributed by atoms with Crippen LogP contribution in [-0.2, 0) is 0 Å². The van der Waals surface area contributed by atoms with E-state index in [2.05, 4.69) is 0 Å². The summed E-state index contributed by atoms with van der Waals surface area (Å²) in [4.78, 5) is 0. The molecule has 13 heavy (non-hydrogen) atoms. The lowest BCUT2D eigenvalue weighted by atomic mass is 10.2. The largest absolute Gasteiger partial charge is 0.462 e. The molecule has 2 N–H and O–H groups in total. The third-order valence-corrected chi connectivity index (χ3v) is 1.66. The fraction of sp³-hybridized carbons (Fsp3) is 0.400. The molecule has 0 aromatic heterocycles. The van der Waals surface area contributed by atoms with Gasteiger partial charge >= 0.3 is 0 Å². The summed E-state index contributed by atoms with van der Waals surface area (Å²) in [5.41, 5.74) is 1.05. The summed E-state index contributed by atoms with van der Waals surface area (Å²) in [5, 5.41) is 18.2. The molecule has 2 unspecified atom stereocenters. The van der Waals surface area contributed by atoms with Gasteiger partial charge in [0.1, 0.15) is 11.9 Å². The minimum atomic E-state index is -1.17. The zero-order chi connectivity index (χ0) is 9.84. The molecule has 0 aliphatic heterocycles. The van der Waals surface area contributed by atoms with E-state index in [0.29, 0.717) is 5.75 Å². The molecule has 1 aromatic rings. The van der Waals surface area contributed by atoms with Crippen LogP contribution in [-0.4, -0.2) is 22.6 Å². The van der Waals surface area contributed by atoms with Crippen LogP contribution in [0.25, 0.3) is 0 Å². The van der Waals surface area contributed by atoms with Crippen molar-refractivity contribution in [3.8, 4) is 5.75 Å². The van der Waals surface area contributed by atoms with Crippen LogP contribution in [0.5, 0.6) is 5.75 Å². The van der Waals surface area contributed by atoms with Gasteiger partial charge in [-0.3, -0.25) is 0 Å². The number of aryl methyl sites for hydroxylation is 1. The third kappa shape index (κ3) is 3.05. The molecule has 0 saturated carbocycles. The predicted octanol–water partition coefficient (Wildman–Crippen LogP) is 1.07. The van der Waals surface area contributed by atoms with E-state index in [1.165, 1.54) is 6.92 Å². The van der Waals surface area contributed by atoms with Crippen molar-refractivity contribution in [3.05, 3.63) is 29.8 Å². The number of benzene rings is 1. The van der Waals surface area contributed by atoms with E-state index in [1.807, 2.05) is 19.1 Å². The summed E-state index contributed by atoms with van der Waals surface area (Å²) in [7, 11) is 0. The van der Waals surface area contributed by atoms with Crippen LogP contribution in [0.2, 0.25) is 0 Å². The first-order chi connectivity index (χ1) is 6.09. The van der Waals surface area contributed by atoms with Gasteiger partial charge in [0.05, 0.1) is 0 Å². The van der Waals surface area contributed by atoms with Crippen molar-refractivity contribution in [2.24, 2.45) is 0 Å². The van der Waals surface area contributed by atoms with Crippen LogP contribution < -0.4 is 4.74 Å². The van der Waals surface area contributed by atoms with Gasteiger partial charge in [-0.25, -0.2) is 0 Å². The lowest BCUT2D eigenvalue weighted by Gasteiger charge is -2.15. The first-order valence-electron chi connectivity index (χ1n) is 4.19. The number of ether oxygens (including phenoxy) is 1. The monoisotopic (exact) mass is 182 g/mol. The summed E-state index contributed by atoms with van der Waals surface area (Å²) in [6.45, 7) is 3.40. The molecule has 0 aliphatic rings. The molecule has 0 fully saturated rings. The molecule has 1 rings (SSSR count). The van der Waals surface area contributed by atoms with Crippen LogP contribution in [0.4, 0.5) is 0 Å². The van der Waals surface area contributed by atoms with Gasteiger partial charge in [-0.2, -0.15) is 0 Å². The summed E-state index contributed by atoms with van der Waals surface area (Å²) >= 11 is 0. The SMILES string of the molecule is Cc1cccc(OC(O)C(C)O)c1. The Morgan fingerprint density at radius 1 is 1.31 bits per heavy atom. The molecular formula is C10H14O3. The second-order valence-corrected chi connectivity index (χ2v) is 3.07. The van der Waals surface area contributed by atoms with Gasteiger partial charge in [-0.1, -0.05) is 12.1 Å². The van der Waals surface area contributed by atoms with Gasteiger partial charge < -0.3 is 14.9 Å². The minimum absolute atomic E-state index is 0.563. The summed E-state index contributed by atoms with van der Waals surface area (Å²) < 4.78 is 5.06. The van der Waals surface area contributed by atoms with Gasteiger partial charge in [-0.05, 0) is 31.5 Å². The number of hydrogen-bond acceptors (Lipinski definition) is 3. The fourth-order valence-corrected chi connectivity index (χ4v) is 0.927. The Kier molecular flexibility index (Phi) is 3.28. The van der Waals surface area contributed by atoms with Crippen LogP contribution in [0, 0.1) is 6.92 Å². The average Bonchev–Trinajstić information content (AvgIpc) is 2.04. The second kappa shape index (κ2) is 4.25. The Hall–Kier alpha value is -1.06. The first-order valence-corrected chi connectivity index (χ1v) is 4.19. The number of rotatable bonds is 3. The molecule has 0 bridgehead atoms. The molecule has 72 valence electrons. The third-order valence-electron chi connectivity index (χ3n) is 1.66. The van der Waals surface area contributed by atoms with Gasteiger partial charge in [0, 0.05) is 0 Å². The van der Waals surface area contributed by atoms with Crippen molar-refractivity contribution in [2.75, 3.05) is 0 Å². The molecule has 0 heterocycles. The van der Waals surface area contributed by atoms with Crippen molar-refractivity contribution in [2.45, 2.75) is 26.2 Å². The van der Waals surface area contributed by atoms with E-state index >= 15 is 0 Å². The Morgan fingerprint density at radius 3 is 2.54 bits per heavy atom. The maximum atomic E-state index is 9.20. The van der Waals surface area contributed by atoms with Crippen LogP contribution in [0.1, 0.15) is 12.5 Å². The van der Waals surface area contributed by atoms with Crippen molar-refractivity contribution in [3.63, 3.8) is 0 Å². The average molecular weight is 182 g/mol. The number of aliphatic hydroxyl groups excluding tert-OH is 2. The molecule has 0 radical (unpaired) electrons. The number of hydrogen-bond donors (Lipinski definition) is 2. The smallest absolute Gasteiger partial charge is 0.223 e. The summed E-state index contributed by atoms with van der Waals surface area (Å²) in [6.07, 6.45) is -2.05. The molecule has 0 aliphatic carbocycles.